The fraction of sp³-hybridized carbons (Fsp3) is 0.333. The number of benzene rings is 1. The summed E-state index contributed by atoms with van der Waals surface area (Å²) < 4.78 is 5.01. The molecule has 1 aromatic heterocycles. The van der Waals surface area contributed by atoms with E-state index in [0.29, 0.717) is 28.4 Å². The van der Waals surface area contributed by atoms with Crippen molar-refractivity contribution < 1.29 is 4.74 Å². The van der Waals surface area contributed by atoms with Crippen LogP contribution in [0.25, 0.3) is 0 Å². The average Bonchev–Trinajstić information content (AvgIpc) is 2.46. The summed E-state index contributed by atoms with van der Waals surface area (Å²) >= 11 is 12.1. The molecule has 0 aliphatic carbocycles. The summed E-state index contributed by atoms with van der Waals surface area (Å²) in [5, 5.41) is 7.48. The Balaban J connectivity index is 2.08. The third-order valence-electron chi connectivity index (χ3n) is 2.86. The Morgan fingerprint density at radius 2 is 2.00 bits per heavy atom. The van der Waals surface area contributed by atoms with Crippen LogP contribution in [0.4, 0.5) is 17.5 Å². The van der Waals surface area contributed by atoms with E-state index in [-0.39, 0.29) is 0 Å². The Kier molecular flexibility index (Phi) is 6.24. The van der Waals surface area contributed by atoms with E-state index in [1.807, 2.05) is 19.1 Å². The lowest BCUT2D eigenvalue weighted by atomic mass is 10.3. The summed E-state index contributed by atoms with van der Waals surface area (Å²) in [4.78, 5) is 8.78. The van der Waals surface area contributed by atoms with E-state index < -0.39 is 0 Å². The second kappa shape index (κ2) is 8.17. The van der Waals surface area contributed by atoms with Gasteiger partial charge in [0.05, 0.1) is 10.7 Å². The van der Waals surface area contributed by atoms with Crippen LogP contribution in [0, 0.1) is 6.92 Å². The highest BCUT2D eigenvalue weighted by Gasteiger charge is 2.05. The van der Waals surface area contributed by atoms with Crippen molar-refractivity contribution in [2.45, 2.75) is 13.3 Å². The van der Waals surface area contributed by atoms with Crippen molar-refractivity contribution in [2.75, 3.05) is 30.9 Å². The minimum atomic E-state index is 0.540. The summed E-state index contributed by atoms with van der Waals surface area (Å²) in [5.74, 6) is 1.25. The lowest BCUT2D eigenvalue weighted by Gasteiger charge is -2.11. The number of aromatic nitrogens is 2. The van der Waals surface area contributed by atoms with Crippen LogP contribution in [-0.2, 0) is 4.74 Å². The number of halogens is 2. The van der Waals surface area contributed by atoms with Gasteiger partial charge in [0.15, 0.2) is 0 Å². The van der Waals surface area contributed by atoms with Crippen LogP contribution in [-0.4, -0.2) is 30.2 Å². The van der Waals surface area contributed by atoms with E-state index in [2.05, 4.69) is 20.6 Å². The van der Waals surface area contributed by atoms with Crippen LogP contribution < -0.4 is 10.6 Å². The molecule has 7 heteroatoms. The highest BCUT2D eigenvalue weighted by molar-refractivity contribution is 6.36. The van der Waals surface area contributed by atoms with Gasteiger partial charge in [-0.2, -0.15) is 4.98 Å². The number of ether oxygens (including phenoxy) is 1. The molecule has 0 aliphatic rings. The first-order valence-corrected chi connectivity index (χ1v) is 7.64. The number of hydrogen-bond donors (Lipinski definition) is 2. The zero-order valence-corrected chi connectivity index (χ0v) is 14.0. The van der Waals surface area contributed by atoms with E-state index in [0.717, 1.165) is 24.3 Å². The quantitative estimate of drug-likeness (QED) is 0.736. The molecule has 22 heavy (non-hydrogen) atoms. The molecule has 2 aromatic rings. The van der Waals surface area contributed by atoms with Gasteiger partial charge in [-0.3, -0.25) is 0 Å². The number of hydrogen-bond acceptors (Lipinski definition) is 5. The van der Waals surface area contributed by atoms with Crippen molar-refractivity contribution in [1.82, 2.24) is 9.97 Å². The molecule has 2 N–H and O–H groups in total. The average molecular weight is 341 g/mol. The number of nitrogens with one attached hydrogen (secondary N) is 2. The van der Waals surface area contributed by atoms with E-state index in [9.17, 15) is 0 Å². The second-order valence-electron chi connectivity index (χ2n) is 4.74. The van der Waals surface area contributed by atoms with Crippen molar-refractivity contribution in [2.24, 2.45) is 0 Å². The summed E-state index contributed by atoms with van der Waals surface area (Å²) in [6.45, 7) is 3.36. The zero-order valence-electron chi connectivity index (χ0n) is 12.5. The number of anilines is 3. The topological polar surface area (TPSA) is 59.1 Å². The Hall–Kier alpha value is -1.56. The summed E-state index contributed by atoms with van der Waals surface area (Å²) in [6.07, 6.45) is 0.888. The van der Waals surface area contributed by atoms with Crippen LogP contribution in [0.2, 0.25) is 10.0 Å². The first kappa shape index (κ1) is 16.8. The highest BCUT2D eigenvalue weighted by Crippen LogP contribution is 2.28. The van der Waals surface area contributed by atoms with Gasteiger partial charge in [-0.05, 0) is 31.5 Å². The Morgan fingerprint density at radius 3 is 2.73 bits per heavy atom. The fourth-order valence-electron chi connectivity index (χ4n) is 1.86. The third kappa shape index (κ3) is 5.02. The largest absolute Gasteiger partial charge is 0.385 e. The van der Waals surface area contributed by atoms with Gasteiger partial charge in [-0.1, -0.05) is 23.2 Å². The van der Waals surface area contributed by atoms with E-state index in [1.54, 1.807) is 19.2 Å². The van der Waals surface area contributed by atoms with Crippen LogP contribution in [0.5, 0.6) is 0 Å². The van der Waals surface area contributed by atoms with Gasteiger partial charge in [-0.25, -0.2) is 4.98 Å². The molecule has 0 fully saturated rings. The molecule has 1 aromatic carbocycles. The van der Waals surface area contributed by atoms with Gasteiger partial charge in [0.25, 0.3) is 0 Å². The lowest BCUT2D eigenvalue weighted by molar-refractivity contribution is 0.197. The Labute approximate surface area is 140 Å². The molecule has 0 aliphatic heterocycles. The molecule has 0 radical (unpaired) electrons. The molecule has 0 bridgehead atoms. The molecule has 2 rings (SSSR count). The molecule has 5 nitrogen and oxygen atoms in total. The van der Waals surface area contributed by atoms with E-state index in [1.165, 1.54) is 0 Å². The number of rotatable bonds is 7. The van der Waals surface area contributed by atoms with Gasteiger partial charge in [0, 0.05) is 37.0 Å². The summed E-state index contributed by atoms with van der Waals surface area (Å²) in [5.41, 5.74) is 1.60. The van der Waals surface area contributed by atoms with E-state index in [4.69, 9.17) is 27.9 Å². The molecule has 0 saturated carbocycles. The molecule has 0 saturated heterocycles. The Bertz CT molecular complexity index is 637. The maximum atomic E-state index is 6.16. The minimum absolute atomic E-state index is 0.540. The molecule has 0 amide bonds. The maximum absolute atomic E-state index is 6.16. The van der Waals surface area contributed by atoms with Crippen molar-refractivity contribution in [1.29, 1.82) is 0 Å². The summed E-state index contributed by atoms with van der Waals surface area (Å²) in [7, 11) is 1.68. The van der Waals surface area contributed by atoms with Gasteiger partial charge >= 0.3 is 0 Å². The molecular formula is C15H18Cl2N4O. The van der Waals surface area contributed by atoms with Crippen molar-refractivity contribution in [3.05, 3.63) is 40.0 Å². The van der Waals surface area contributed by atoms with Crippen LogP contribution in [0.3, 0.4) is 0 Å². The first-order valence-electron chi connectivity index (χ1n) is 6.89. The normalized spacial score (nSPS) is 10.5. The van der Waals surface area contributed by atoms with Gasteiger partial charge < -0.3 is 15.4 Å². The molecule has 0 spiro atoms. The zero-order chi connectivity index (χ0) is 15.9. The molecule has 0 atom stereocenters. The first-order chi connectivity index (χ1) is 10.6. The monoisotopic (exact) mass is 340 g/mol. The predicted molar refractivity (Wildman–Crippen MR) is 91.5 cm³/mol. The second-order valence-corrected chi connectivity index (χ2v) is 5.58. The maximum Gasteiger partial charge on any atom is 0.224 e. The fourth-order valence-corrected chi connectivity index (χ4v) is 2.31. The predicted octanol–water partition coefficient (Wildman–Crippen LogP) is 4.28. The molecular weight excluding hydrogens is 323 g/mol. The molecule has 1 heterocycles. The van der Waals surface area contributed by atoms with Crippen molar-refractivity contribution in [3.63, 3.8) is 0 Å². The minimum Gasteiger partial charge on any atom is -0.385 e. The van der Waals surface area contributed by atoms with Gasteiger partial charge in [0.1, 0.15) is 5.82 Å². The van der Waals surface area contributed by atoms with Crippen LogP contribution in [0.15, 0.2) is 24.3 Å². The number of methoxy groups -OCH3 is 1. The smallest absolute Gasteiger partial charge is 0.224 e. The van der Waals surface area contributed by atoms with Crippen molar-refractivity contribution >= 4 is 40.7 Å². The summed E-state index contributed by atoms with van der Waals surface area (Å²) in [6, 6.07) is 7.12. The number of nitrogens with zero attached hydrogens (tertiary/aromatic N) is 2. The van der Waals surface area contributed by atoms with Crippen LogP contribution in [0.1, 0.15) is 12.1 Å². The SMILES string of the molecule is COCCCNc1nc(C)cc(Nc2ccc(Cl)cc2Cl)n1. The molecule has 118 valence electrons. The van der Waals surface area contributed by atoms with E-state index >= 15 is 0 Å². The lowest BCUT2D eigenvalue weighted by Crippen LogP contribution is -2.09. The molecule has 0 unspecified atom stereocenters. The number of aryl methyl sites for hydroxylation is 1. The van der Waals surface area contributed by atoms with Gasteiger partial charge in [-0.15, -0.1) is 0 Å². The van der Waals surface area contributed by atoms with Crippen molar-refractivity contribution in [3.8, 4) is 0 Å². The Morgan fingerprint density at radius 1 is 1.18 bits per heavy atom. The highest BCUT2D eigenvalue weighted by atomic mass is 35.5. The van der Waals surface area contributed by atoms with Crippen LogP contribution >= 0.6 is 23.2 Å². The standard InChI is InChI=1S/C15H18Cl2N4O/c1-10-8-14(20-13-5-4-11(16)9-12(13)17)21-15(19-10)18-6-3-7-22-2/h4-5,8-9H,3,6-7H2,1-2H3,(H2,18,19,20,21). The van der Waals surface area contributed by atoms with Gasteiger partial charge in [0.2, 0.25) is 5.95 Å². The third-order valence-corrected chi connectivity index (χ3v) is 3.40.